The van der Waals surface area contributed by atoms with Gasteiger partial charge >= 0.3 is 0 Å². The van der Waals surface area contributed by atoms with Crippen LogP contribution in [0.4, 0.5) is 0 Å². The number of aromatic nitrogens is 1. The number of primary amides is 1. The molecule has 0 spiro atoms. The van der Waals surface area contributed by atoms with E-state index in [4.69, 9.17) is 20.5 Å². The van der Waals surface area contributed by atoms with E-state index in [-0.39, 0.29) is 6.42 Å². The molecule has 0 radical (unpaired) electrons. The van der Waals surface area contributed by atoms with Gasteiger partial charge in [0.1, 0.15) is 0 Å². The van der Waals surface area contributed by atoms with E-state index in [0.29, 0.717) is 23.8 Å². The fourth-order valence-electron chi connectivity index (χ4n) is 1.89. The molecule has 2 N–H and O–H groups in total. The molecule has 0 aliphatic carbocycles. The summed E-state index contributed by atoms with van der Waals surface area (Å²) < 4.78 is 10.9. The van der Waals surface area contributed by atoms with E-state index < -0.39 is 5.91 Å². The lowest BCUT2D eigenvalue weighted by Crippen LogP contribution is -2.13. The maximum Gasteiger partial charge on any atom is 0.221 e. The van der Waals surface area contributed by atoms with Crippen molar-refractivity contribution in [3.05, 3.63) is 47.7 Å². The minimum Gasteiger partial charge on any atom is -0.493 e. The first-order valence-electron chi connectivity index (χ1n) is 6.57. The van der Waals surface area contributed by atoms with Crippen molar-refractivity contribution in [3.63, 3.8) is 0 Å². The second-order valence-corrected chi connectivity index (χ2v) is 4.57. The first-order chi connectivity index (χ1) is 10.6. The zero-order valence-corrected chi connectivity index (χ0v) is 12.1. The third-order valence-electron chi connectivity index (χ3n) is 2.90. The summed E-state index contributed by atoms with van der Waals surface area (Å²) in [4.78, 5) is 15.1. The third kappa shape index (κ3) is 3.96. The molecule has 0 atom stereocenters. The minimum absolute atomic E-state index is 0.137. The van der Waals surface area contributed by atoms with Crippen LogP contribution in [-0.4, -0.2) is 18.0 Å². The van der Waals surface area contributed by atoms with Gasteiger partial charge in [0.2, 0.25) is 11.8 Å². The highest BCUT2D eigenvalue weighted by molar-refractivity contribution is 5.76. The summed E-state index contributed by atoms with van der Waals surface area (Å²) in [6.45, 7) is 0. The molecular weight excluding hydrogens is 282 g/mol. The number of nitrogens with two attached hydrogens (primary N) is 1. The van der Waals surface area contributed by atoms with Gasteiger partial charge in [-0.05, 0) is 23.3 Å². The number of carbonyl (C=O) groups excluding carboxylic acids is 1. The molecule has 0 fully saturated rings. The fraction of sp³-hybridized carbons (Fsp3) is 0.188. The van der Waals surface area contributed by atoms with Crippen LogP contribution >= 0.6 is 0 Å². The monoisotopic (exact) mass is 297 g/mol. The van der Waals surface area contributed by atoms with Gasteiger partial charge in [0.25, 0.3) is 0 Å². The van der Waals surface area contributed by atoms with Crippen LogP contribution in [0.25, 0.3) is 0 Å². The van der Waals surface area contributed by atoms with Crippen LogP contribution < -0.4 is 15.2 Å². The quantitative estimate of drug-likeness (QED) is 0.879. The van der Waals surface area contributed by atoms with Crippen LogP contribution in [0.15, 0.2) is 36.5 Å². The van der Waals surface area contributed by atoms with Gasteiger partial charge in [0.05, 0.1) is 26.0 Å². The zero-order valence-electron chi connectivity index (χ0n) is 12.1. The van der Waals surface area contributed by atoms with Crippen LogP contribution in [0.2, 0.25) is 0 Å². The Morgan fingerprint density at radius 3 is 2.64 bits per heavy atom. The zero-order chi connectivity index (χ0) is 15.9. The van der Waals surface area contributed by atoms with E-state index in [2.05, 4.69) is 11.1 Å². The Morgan fingerprint density at radius 2 is 2.05 bits per heavy atom. The molecule has 1 aromatic carbocycles. The SMILES string of the molecule is COc1cc(CC(N)=O)ccc1Oc1ccc(CC#N)cn1. The summed E-state index contributed by atoms with van der Waals surface area (Å²) in [6, 6.07) is 10.7. The van der Waals surface area contributed by atoms with E-state index in [1.54, 1.807) is 36.5 Å². The lowest BCUT2D eigenvalue weighted by molar-refractivity contribution is -0.117. The highest BCUT2D eigenvalue weighted by Gasteiger charge is 2.09. The van der Waals surface area contributed by atoms with Crippen molar-refractivity contribution in [2.24, 2.45) is 5.73 Å². The first kappa shape index (κ1) is 15.3. The minimum atomic E-state index is -0.412. The second-order valence-electron chi connectivity index (χ2n) is 4.57. The Labute approximate surface area is 128 Å². The molecule has 6 nitrogen and oxygen atoms in total. The number of hydrogen-bond donors (Lipinski definition) is 1. The lowest BCUT2D eigenvalue weighted by atomic mass is 10.1. The summed E-state index contributed by atoms with van der Waals surface area (Å²) in [5, 5.41) is 8.62. The molecule has 1 amide bonds. The first-order valence-corrected chi connectivity index (χ1v) is 6.57. The van der Waals surface area contributed by atoms with E-state index in [1.807, 2.05) is 0 Å². The predicted octanol–water partition coefficient (Wildman–Crippen LogP) is 1.98. The standard InChI is InChI=1S/C16H15N3O3/c1-21-14-8-12(9-15(18)20)2-4-13(14)22-16-5-3-11(6-7-17)10-19-16/h2-5,8,10H,6,9H2,1H3,(H2,18,20). The van der Waals surface area contributed by atoms with E-state index in [0.717, 1.165) is 11.1 Å². The molecule has 1 aromatic heterocycles. The molecule has 112 valence electrons. The van der Waals surface area contributed by atoms with E-state index in [1.165, 1.54) is 7.11 Å². The predicted molar refractivity (Wildman–Crippen MR) is 79.5 cm³/mol. The Bertz CT molecular complexity index is 706. The maximum atomic E-state index is 10.9. The van der Waals surface area contributed by atoms with Gasteiger partial charge in [0.15, 0.2) is 11.5 Å². The number of carbonyl (C=O) groups is 1. The number of hydrogen-bond acceptors (Lipinski definition) is 5. The van der Waals surface area contributed by atoms with Crippen LogP contribution in [0.1, 0.15) is 11.1 Å². The van der Waals surface area contributed by atoms with Crippen molar-refractivity contribution in [2.45, 2.75) is 12.8 Å². The topological polar surface area (TPSA) is 98.2 Å². The number of amides is 1. The van der Waals surface area contributed by atoms with Crippen molar-refractivity contribution >= 4 is 5.91 Å². The van der Waals surface area contributed by atoms with Crippen molar-refractivity contribution in [3.8, 4) is 23.4 Å². The number of rotatable bonds is 6. The summed E-state index contributed by atoms with van der Waals surface area (Å²) in [5.41, 5.74) is 6.74. The normalized spacial score (nSPS) is 9.82. The van der Waals surface area contributed by atoms with Crippen molar-refractivity contribution in [2.75, 3.05) is 7.11 Å². The molecule has 0 saturated carbocycles. The van der Waals surface area contributed by atoms with Gasteiger partial charge in [-0.2, -0.15) is 5.26 Å². The average molecular weight is 297 g/mol. The molecule has 1 heterocycles. The molecule has 0 unspecified atom stereocenters. The number of benzene rings is 1. The van der Waals surface area contributed by atoms with Crippen molar-refractivity contribution in [1.29, 1.82) is 5.26 Å². The smallest absolute Gasteiger partial charge is 0.221 e. The molecule has 0 saturated heterocycles. The molecule has 6 heteroatoms. The van der Waals surface area contributed by atoms with Crippen LogP contribution in [0, 0.1) is 11.3 Å². The average Bonchev–Trinajstić information content (AvgIpc) is 2.50. The van der Waals surface area contributed by atoms with Crippen LogP contribution in [0.3, 0.4) is 0 Å². The Hall–Kier alpha value is -3.07. The van der Waals surface area contributed by atoms with E-state index in [9.17, 15) is 4.79 Å². The fourth-order valence-corrected chi connectivity index (χ4v) is 1.89. The van der Waals surface area contributed by atoms with Crippen LogP contribution in [0.5, 0.6) is 17.4 Å². The summed E-state index contributed by atoms with van der Waals surface area (Å²) in [6.07, 6.45) is 2.03. The Balaban J connectivity index is 2.18. The Morgan fingerprint density at radius 1 is 1.27 bits per heavy atom. The highest BCUT2D eigenvalue weighted by Crippen LogP contribution is 2.31. The number of methoxy groups -OCH3 is 1. The van der Waals surface area contributed by atoms with Gasteiger partial charge < -0.3 is 15.2 Å². The third-order valence-corrected chi connectivity index (χ3v) is 2.90. The van der Waals surface area contributed by atoms with Crippen molar-refractivity contribution in [1.82, 2.24) is 4.98 Å². The largest absolute Gasteiger partial charge is 0.493 e. The lowest BCUT2D eigenvalue weighted by Gasteiger charge is -2.11. The van der Waals surface area contributed by atoms with Gasteiger partial charge in [-0.1, -0.05) is 12.1 Å². The van der Waals surface area contributed by atoms with Gasteiger partial charge in [-0.15, -0.1) is 0 Å². The van der Waals surface area contributed by atoms with Crippen LogP contribution in [-0.2, 0) is 17.6 Å². The number of ether oxygens (including phenoxy) is 2. The summed E-state index contributed by atoms with van der Waals surface area (Å²) in [5.74, 6) is 0.950. The molecule has 0 bridgehead atoms. The van der Waals surface area contributed by atoms with Gasteiger partial charge in [-0.25, -0.2) is 4.98 Å². The number of nitriles is 1. The molecule has 2 rings (SSSR count). The molecule has 22 heavy (non-hydrogen) atoms. The van der Waals surface area contributed by atoms with E-state index >= 15 is 0 Å². The molecule has 0 aliphatic rings. The molecule has 0 aliphatic heterocycles. The molecule has 2 aromatic rings. The van der Waals surface area contributed by atoms with Crippen molar-refractivity contribution < 1.29 is 14.3 Å². The summed E-state index contributed by atoms with van der Waals surface area (Å²) >= 11 is 0. The molecular formula is C16H15N3O3. The second kappa shape index (κ2) is 7.09. The maximum absolute atomic E-state index is 10.9. The Kier molecular flexibility index (Phi) is 4.94. The number of pyridine rings is 1. The van der Waals surface area contributed by atoms with Gasteiger partial charge in [-0.3, -0.25) is 4.79 Å². The van der Waals surface area contributed by atoms with Gasteiger partial charge in [0, 0.05) is 12.3 Å². The highest BCUT2D eigenvalue weighted by atomic mass is 16.5. The summed E-state index contributed by atoms with van der Waals surface area (Å²) in [7, 11) is 1.51. The number of nitrogens with zero attached hydrogens (tertiary/aromatic N) is 2.